The maximum atomic E-state index is 11.9. The molecule has 0 saturated heterocycles. The molecule has 7 heteroatoms. The third kappa shape index (κ3) is 7.44. The summed E-state index contributed by atoms with van der Waals surface area (Å²) in [7, 11) is 0. The van der Waals surface area contributed by atoms with Crippen molar-refractivity contribution < 1.29 is 4.39 Å². The van der Waals surface area contributed by atoms with Gasteiger partial charge in [-0.05, 0) is 17.7 Å². The Bertz CT molecular complexity index is 350. The van der Waals surface area contributed by atoms with Crippen molar-refractivity contribution in [2.24, 2.45) is 16.5 Å². The van der Waals surface area contributed by atoms with Crippen LogP contribution in [0, 0.1) is 0 Å². The third-order valence-corrected chi connectivity index (χ3v) is 2.46. The van der Waals surface area contributed by atoms with Gasteiger partial charge in [0.15, 0.2) is 5.17 Å². The van der Waals surface area contributed by atoms with E-state index in [1.54, 1.807) is 0 Å². The number of halogens is 3. The van der Waals surface area contributed by atoms with E-state index in [9.17, 15) is 4.39 Å². The van der Waals surface area contributed by atoms with Crippen LogP contribution in [-0.4, -0.2) is 17.6 Å². The first-order chi connectivity index (χ1) is 7.26. The van der Waals surface area contributed by atoms with Crippen LogP contribution in [0.5, 0.6) is 0 Å². The molecular weight excluding hydrogens is 284 g/mol. The van der Waals surface area contributed by atoms with Crippen molar-refractivity contribution in [3.05, 3.63) is 29.8 Å². The molecule has 4 N–H and O–H groups in total. The zero-order valence-electron chi connectivity index (χ0n) is 9.14. The number of alkyl halides is 1. The molecule has 0 aromatic heterocycles. The van der Waals surface area contributed by atoms with Crippen molar-refractivity contribution >= 4 is 47.4 Å². The Balaban J connectivity index is 0. The molecule has 0 fully saturated rings. The number of benzene rings is 1. The van der Waals surface area contributed by atoms with Gasteiger partial charge in [0, 0.05) is 12.3 Å². The molecular formula is C10H16Cl2FN3S. The quantitative estimate of drug-likeness (QED) is 0.663. The average molecular weight is 300 g/mol. The maximum Gasteiger partial charge on any atom is 0.159 e. The minimum absolute atomic E-state index is 0. The largest absolute Gasteiger partial charge is 0.378 e. The summed E-state index contributed by atoms with van der Waals surface area (Å²) < 4.78 is 11.9. The second-order valence-corrected chi connectivity index (χ2v) is 3.98. The highest BCUT2D eigenvalue weighted by atomic mass is 35.5. The fourth-order valence-electron chi connectivity index (χ4n) is 1.06. The van der Waals surface area contributed by atoms with Crippen LogP contribution in [0.15, 0.2) is 29.3 Å². The molecule has 3 nitrogen and oxygen atoms in total. The molecule has 0 bridgehead atoms. The maximum absolute atomic E-state index is 11.9. The van der Waals surface area contributed by atoms with Crippen LogP contribution in [0.3, 0.4) is 0 Å². The number of amidine groups is 1. The van der Waals surface area contributed by atoms with E-state index < -0.39 is 6.67 Å². The number of hydrogen-bond donors (Lipinski definition) is 2. The van der Waals surface area contributed by atoms with Gasteiger partial charge in [0.2, 0.25) is 0 Å². The molecule has 1 aromatic rings. The highest BCUT2D eigenvalue weighted by Crippen LogP contribution is 2.15. The van der Waals surface area contributed by atoms with Gasteiger partial charge in [0.1, 0.15) is 0 Å². The Morgan fingerprint density at radius 1 is 1.35 bits per heavy atom. The van der Waals surface area contributed by atoms with Crippen LogP contribution in [0.4, 0.5) is 10.1 Å². The van der Waals surface area contributed by atoms with E-state index in [0.717, 1.165) is 11.3 Å². The van der Waals surface area contributed by atoms with Crippen molar-refractivity contribution in [1.82, 2.24) is 0 Å². The van der Waals surface area contributed by atoms with Gasteiger partial charge in [-0.2, -0.15) is 0 Å². The molecule has 0 radical (unpaired) electrons. The summed E-state index contributed by atoms with van der Waals surface area (Å²) in [6.45, 7) is 0.0740. The molecule has 0 aliphatic rings. The Kier molecular flexibility index (Phi) is 11.8. The third-order valence-electron chi connectivity index (χ3n) is 1.71. The molecule has 0 saturated carbocycles. The number of nitrogens with two attached hydrogens (primary N) is 2. The van der Waals surface area contributed by atoms with Gasteiger partial charge in [-0.3, -0.25) is 4.39 Å². The van der Waals surface area contributed by atoms with Crippen LogP contribution in [-0.2, 0) is 6.54 Å². The second-order valence-electron chi connectivity index (χ2n) is 2.86. The lowest BCUT2D eigenvalue weighted by Gasteiger charge is -2.00. The number of hydrogen-bond acceptors (Lipinski definition) is 3. The van der Waals surface area contributed by atoms with Gasteiger partial charge >= 0.3 is 0 Å². The zero-order chi connectivity index (χ0) is 11.1. The first-order valence-electron chi connectivity index (χ1n) is 4.58. The Labute approximate surface area is 117 Å². The molecule has 98 valence electrons. The van der Waals surface area contributed by atoms with Crippen LogP contribution in [0.1, 0.15) is 5.56 Å². The van der Waals surface area contributed by atoms with E-state index >= 15 is 0 Å². The first-order valence-corrected chi connectivity index (χ1v) is 5.56. The van der Waals surface area contributed by atoms with E-state index in [4.69, 9.17) is 11.5 Å². The number of rotatable bonds is 4. The molecule has 0 aliphatic heterocycles. The molecule has 0 atom stereocenters. The van der Waals surface area contributed by atoms with Crippen molar-refractivity contribution in [3.8, 4) is 0 Å². The molecule has 1 rings (SSSR count). The lowest BCUT2D eigenvalue weighted by Crippen LogP contribution is -2.07. The smallest absolute Gasteiger partial charge is 0.159 e. The molecule has 0 amide bonds. The first kappa shape index (κ1) is 18.9. The monoisotopic (exact) mass is 299 g/mol. The van der Waals surface area contributed by atoms with Gasteiger partial charge < -0.3 is 11.5 Å². The summed E-state index contributed by atoms with van der Waals surface area (Å²) in [5, 5.41) is 0.377. The summed E-state index contributed by atoms with van der Waals surface area (Å²) in [6.07, 6.45) is 0. The standard InChI is InChI=1S/C10H14FN3S.2ClH/c11-4-5-15-10(13)14-9-3-1-2-8(6-9)7-12;;/h1-3,6H,4-5,7,12H2,(H2,13,14);2*1H. The van der Waals surface area contributed by atoms with Gasteiger partial charge in [0.25, 0.3) is 0 Å². The van der Waals surface area contributed by atoms with Crippen molar-refractivity contribution in [3.63, 3.8) is 0 Å². The average Bonchev–Trinajstić information content (AvgIpc) is 2.26. The zero-order valence-corrected chi connectivity index (χ0v) is 11.6. The number of thioether (sulfide) groups is 1. The fourth-order valence-corrected chi connectivity index (χ4v) is 1.51. The van der Waals surface area contributed by atoms with E-state index in [2.05, 4.69) is 4.99 Å². The Morgan fingerprint density at radius 3 is 2.65 bits per heavy atom. The summed E-state index contributed by atoms with van der Waals surface area (Å²) >= 11 is 1.21. The molecule has 0 aliphatic carbocycles. The molecule has 17 heavy (non-hydrogen) atoms. The highest BCUT2D eigenvalue weighted by molar-refractivity contribution is 8.13. The van der Waals surface area contributed by atoms with Crippen molar-refractivity contribution in [1.29, 1.82) is 0 Å². The van der Waals surface area contributed by atoms with Crippen molar-refractivity contribution in [2.75, 3.05) is 12.4 Å². The van der Waals surface area contributed by atoms with E-state index in [1.165, 1.54) is 11.8 Å². The Hall–Kier alpha value is -0.490. The molecule has 0 unspecified atom stereocenters. The van der Waals surface area contributed by atoms with Gasteiger partial charge in [-0.1, -0.05) is 23.9 Å². The van der Waals surface area contributed by atoms with E-state index in [0.29, 0.717) is 17.5 Å². The van der Waals surface area contributed by atoms with Crippen molar-refractivity contribution in [2.45, 2.75) is 6.54 Å². The van der Waals surface area contributed by atoms with Crippen LogP contribution >= 0.6 is 36.6 Å². The predicted molar refractivity (Wildman–Crippen MR) is 78.5 cm³/mol. The van der Waals surface area contributed by atoms with Gasteiger partial charge in [0.05, 0.1) is 12.4 Å². The summed E-state index contributed by atoms with van der Waals surface area (Å²) in [4.78, 5) is 4.14. The molecule has 0 heterocycles. The molecule has 1 aromatic carbocycles. The topological polar surface area (TPSA) is 64.4 Å². The minimum atomic E-state index is -0.399. The summed E-state index contributed by atoms with van der Waals surface area (Å²) in [6, 6.07) is 7.49. The highest BCUT2D eigenvalue weighted by Gasteiger charge is 1.96. The fraction of sp³-hybridized carbons (Fsp3) is 0.300. The molecule has 0 spiro atoms. The predicted octanol–water partition coefficient (Wildman–Crippen LogP) is 2.64. The summed E-state index contributed by atoms with van der Waals surface area (Å²) in [5.74, 6) is 0.339. The van der Waals surface area contributed by atoms with Crippen LogP contribution < -0.4 is 11.5 Å². The normalized spacial score (nSPS) is 10.4. The lowest BCUT2D eigenvalue weighted by molar-refractivity contribution is 0.533. The van der Waals surface area contributed by atoms with Gasteiger partial charge in [-0.15, -0.1) is 24.8 Å². The second kappa shape index (κ2) is 10.7. The Morgan fingerprint density at radius 2 is 2.06 bits per heavy atom. The van der Waals surface area contributed by atoms with Crippen LogP contribution in [0.2, 0.25) is 0 Å². The minimum Gasteiger partial charge on any atom is -0.378 e. The number of aliphatic imine (C=N–C) groups is 1. The van der Waals surface area contributed by atoms with Crippen LogP contribution in [0.25, 0.3) is 0 Å². The lowest BCUT2D eigenvalue weighted by atomic mass is 10.2. The SMILES string of the molecule is Cl.Cl.NCc1cccc(N=C(N)SCCF)c1. The summed E-state index contributed by atoms with van der Waals surface area (Å²) in [5.41, 5.74) is 12.8. The van der Waals surface area contributed by atoms with Gasteiger partial charge in [-0.25, -0.2) is 4.99 Å². The van der Waals surface area contributed by atoms with E-state index in [1.807, 2.05) is 24.3 Å². The number of nitrogens with zero attached hydrogens (tertiary/aromatic N) is 1. The van der Waals surface area contributed by atoms with E-state index in [-0.39, 0.29) is 24.8 Å².